The molecule has 1 amide bonds. The first-order valence-electron chi connectivity index (χ1n) is 8.17. The lowest BCUT2D eigenvalue weighted by atomic mass is 10.2. The van der Waals surface area contributed by atoms with Crippen LogP contribution >= 0.6 is 12.2 Å². The highest BCUT2D eigenvalue weighted by molar-refractivity contribution is 7.71. The molecule has 1 aromatic heterocycles. The van der Waals surface area contributed by atoms with Crippen LogP contribution in [0.15, 0.2) is 40.2 Å². The van der Waals surface area contributed by atoms with Gasteiger partial charge in [0.15, 0.2) is 4.77 Å². The van der Waals surface area contributed by atoms with Gasteiger partial charge in [-0.2, -0.15) is 5.10 Å². The molecule has 136 valence electrons. The molecule has 0 bridgehead atoms. The van der Waals surface area contributed by atoms with E-state index >= 15 is 0 Å². The van der Waals surface area contributed by atoms with Crippen molar-refractivity contribution in [2.75, 3.05) is 31.2 Å². The monoisotopic (exact) mass is 373 g/mol. The van der Waals surface area contributed by atoms with E-state index in [1.165, 1.54) is 6.07 Å². The standard InChI is InChI=1S/C17H19N5O3S/c23-15-9-13(19-17(26)20-15)10-16(24)21-18-11-12-1-3-14(4-2-12)22-5-7-25-8-6-22/h1-4,9,11H,5-8,10H2,(H,21,24)(H2,19,20,23,26)/b18-11-. The molecule has 26 heavy (non-hydrogen) atoms. The van der Waals surface area contributed by atoms with Crippen LogP contribution in [0.25, 0.3) is 0 Å². The molecule has 0 spiro atoms. The number of hydrazone groups is 1. The van der Waals surface area contributed by atoms with E-state index in [4.69, 9.17) is 17.0 Å². The fraction of sp³-hybridized carbons (Fsp3) is 0.294. The number of hydrogen-bond acceptors (Lipinski definition) is 6. The van der Waals surface area contributed by atoms with E-state index in [1.54, 1.807) is 6.21 Å². The first-order valence-corrected chi connectivity index (χ1v) is 8.58. The quantitative estimate of drug-likeness (QED) is 0.412. The summed E-state index contributed by atoms with van der Waals surface area (Å²) >= 11 is 4.87. The van der Waals surface area contributed by atoms with E-state index in [0.29, 0.717) is 5.69 Å². The number of benzene rings is 1. The smallest absolute Gasteiger partial charge is 0.251 e. The molecule has 1 saturated heterocycles. The summed E-state index contributed by atoms with van der Waals surface area (Å²) in [6.07, 6.45) is 1.56. The zero-order chi connectivity index (χ0) is 18.4. The van der Waals surface area contributed by atoms with Crippen molar-refractivity contribution < 1.29 is 9.53 Å². The largest absolute Gasteiger partial charge is 0.378 e. The zero-order valence-corrected chi connectivity index (χ0v) is 14.8. The fourth-order valence-electron chi connectivity index (χ4n) is 2.60. The molecule has 8 nitrogen and oxygen atoms in total. The maximum absolute atomic E-state index is 11.9. The van der Waals surface area contributed by atoms with Gasteiger partial charge >= 0.3 is 0 Å². The summed E-state index contributed by atoms with van der Waals surface area (Å²) in [7, 11) is 0. The van der Waals surface area contributed by atoms with Crippen LogP contribution in [0.4, 0.5) is 5.69 Å². The Balaban J connectivity index is 1.53. The summed E-state index contributed by atoms with van der Waals surface area (Å²) in [5.41, 5.74) is 4.53. The Bertz CT molecular complexity index is 869. The van der Waals surface area contributed by atoms with Gasteiger partial charge in [-0.15, -0.1) is 0 Å². The third-order valence-corrected chi connectivity index (χ3v) is 4.04. The molecule has 2 heterocycles. The predicted molar refractivity (Wildman–Crippen MR) is 101 cm³/mol. The third kappa shape index (κ3) is 5.11. The summed E-state index contributed by atoms with van der Waals surface area (Å²) < 4.78 is 5.53. The van der Waals surface area contributed by atoms with Crippen LogP contribution in [-0.4, -0.2) is 48.4 Å². The molecule has 0 atom stereocenters. The van der Waals surface area contributed by atoms with Crippen LogP contribution in [-0.2, 0) is 16.0 Å². The van der Waals surface area contributed by atoms with Crippen molar-refractivity contribution in [2.24, 2.45) is 5.10 Å². The number of ether oxygens (including phenoxy) is 1. The van der Waals surface area contributed by atoms with Crippen molar-refractivity contribution in [3.05, 3.63) is 56.7 Å². The molecule has 3 N–H and O–H groups in total. The van der Waals surface area contributed by atoms with Gasteiger partial charge in [0, 0.05) is 30.5 Å². The van der Waals surface area contributed by atoms with Gasteiger partial charge in [-0.3, -0.25) is 14.6 Å². The summed E-state index contributed by atoms with van der Waals surface area (Å²) in [6.45, 7) is 3.25. The van der Waals surface area contributed by atoms with Gasteiger partial charge in [0.1, 0.15) is 0 Å². The van der Waals surface area contributed by atoms with E-state index in [-0.39, 0.29) is 22.7 Å². The minimum Gasteiger partial charge on any atom is -0.378 e. The molecule has 0 saturated carbocycles. The molecule has 1 aromatic carbocycles. The number of carbonyl (C=O) groups is 1. The highest BCUT2D eigenvalue weighted by Crippen LogP contribution is 2.15. The average Bonchev–Trinajstić information content (AvgIpc) is 2.62. The topological polar surface area (TPSA) is 103 Å². The van der Waals surface area contributed by atoms with Crippen LogP contribution in [0.2, 0.25) is 0 Å². The van der Waals surface area contributed by atoms with Crippen LogP contribution in [0.1, 0.15) is 11.3 Å². The number of nitrogens with one attached hydrogen (secondary N) is 3. The number of carbonyl (C=O) groups excluding carboxylic acids is 1. The number of nitrogens with zero attached hydrogens (tertiary/aromatic N) is 2. The highest BCUT2D eigenvalue weighted by Gasteiger charge is 2.10. The molecule has 2 aromatic rings. The van der Waals surface area contributed by atoms with E-state index in [2.05, 4.69) is 25.4 Å². The van der Waals surface area contributed by atoms with Gasteiger partial charge in [-0.05, 0) is 29.9 Å². The van der Waals surface area contributed by atoms with Gasteiger partial charge < -0.3 is 14.6 Å². The average molecular weight is 373 g/mol. The van der Waals surface area contributed by atoms with Crippen molar-refractivity contribution in [1.29, 1.82) is 0 Å². The molecule has 3 rings (SSSR count). The van der Waals surface area contributed by atoms with Gasteiger partial charge in [0.2, 0.25) is 5.91 Å². The fourth-order valence-corrected chi connectivity index (χ4v) is 2.83. The number of hydrogen-bond donors (Lipinski definition) is 3. The Hall–Kier alpha value is -2.78. The molecule has 1 aliphatic rings. The van der Waals surface area contributed by atoms with Crippen molar-refractivity contribution in [1.82, 2.24) is 15.4 Å². The van der Waals surface area contributed by atoms with Crippen LogP contribution in [0.3, 0.4) is 0 Å². The predicted octanol–water partition coefficient (Wildman–Crippen LogP) is 0.962. The van der Waals surface area contributed by atoms with E-state index < -0.39 is 0 Å². The molecule has 0 unspecified atom stereocenters. The SMILES string of the molecule is O=C(Cc1cc(=O)[nH]c(=S)[nH]1)N/N=C\c1ccc(N2CCOCC2)cc1. The number of amides is 1. The number of anilines is 1. The maximum Gasteiger partial charge on any atom is 0.251 e. The number of H-pyrrole nitrogens is 2. The second-order valence-electron chi connectivity index (χ2n) is 5.77. The molecule has 0 radical (unpaired) electrons. The lowest BCUT2D eigenvalue weighted by molar-refractivity contribution is -0.120. The summed E-state index contributed by atoms with van der Waals surface area (Å²) in [4.78, 5) is 30.6. The summed E-state index contributed by atoms with van der Waals surface area (Å²) in [5.74, 6) is -0.345. The molecular formula is C17H19N5O3S. The van der Waals surface area contributed by atoms with Crippen molar-refractivity contribution in [2.45, 2.75) is 6.42 Å². The molecule has 0 aliphatic carbocycles. The Morgan fingerprint density at radius 3 is 2.69 bits per heavy atom. The summed E-state index contributed by atoms with van der Waals surface area (Å²) in [5, 5.41) is 3.94. The highest BCUT2D eigenvalue weighted by atomic mass is 32.1. The normalized spacial score (nSPS) is 14.5. The first-order chi connectivity index (χ1) is 12.6. The minimum absolute atomic E-state index is 0.0130. The van der Waals surface area contributed by atoms with Crippen LogP contribution in [0.5, 0.6) is 0 Å². The Morgan fingerprint density at radius 2 is 2.00 bits per heavy atom. The molecule has 1 aliphatic heterocycles. The Morgan fingerprint density at radius 1 is 1.27 bits per heavy atom. The lowest BCUT2D eigenvalue weighted by Gasteiger charge is -2.28. The third-order valence-electron chi connectivity index (χ3n) is 3.84. The van der Waals surface area contributed by atoms with Gasteiger partial charge in [-0.25, -0.2) is 5.43 Å². The van der Waals surface area contributed by atoms with Gasteiger partial charge in [0.05, 0.1) is 25.8 Å². The minimum atomic E-state index is -0.347. The van der Waals surface area contributed by atoms with Crippen LogP contribution in [0, 0.1) is 4.77 Å². The second-order valence-corrected chi connectivity index (χ2v) is 6.18. The van der Waals surface area contributed by atoms with Crippen molar-refractivity contribution >= 4 is 30.0 Å². The lowest BCUT2D eigenvalue weighted by Crippen LogP contribution is -2.36. The maximum atomic E-state index is 11.9. The van der Waals surface area contributed by atoms with Gasteiger partial charge in [-0.1, -0.05) is 12.1 Å². The van der Waals surface area contributed by atoms with E-state index in [1.807, 2.05) is 24.3 Å². The zero-order valence-electron chi connectivity index (χ0n) is 14.0. The van der Waals surface area contributed by atoms with E-state index in [0.717, 1.165) is 37.6 Å². The number of aromatic nitrogens is 2. The van der Waals surface area contributed by atoms with Crippen molar-refractivity contribution in [3.63, 3.8) is 0 Å². The molecular weight excluding hydrogens is 354 g/mol. The second kappa shape index (κ2) is 8.54. The number of rotatable bonds is 5. The number of morpholine rings is 1. The Kier molecular flexibility index (Phi) is 5.92. The van der Waals surface area contributed by atoms with Crippen LogP contribution < -0.4 is 15.9 Å². The van der Waals surface area contributed by atoms with Gasteiger partial charge in [0.25, 0.3) is 5.56 Å². The summed E-state index contributed by atoms with van der Waals surface area (Å²) in [6, 6.07) is 9.21. The first kappa shape index (κ1) is 18.0. The molecule has 1 fully saturated rings. The van der Waals surface area contributed by atoms with Crippen molar-refractivity contribution in [3.8, 4) is 0 Å². The number of aromatic amines is 2. The van der Waals surface area contributed by atoms with E-state index in [9.17, 15) is 9.59 Å². The molecule has 9 heteroatoms. The Labute approximate surface area is 154 Å².